The molecule has 3 nitrogen and oxygen atoms in total. The standard InChI is InChI=1S/C7H2Cl2F3NO2/c8-4-1-3(13(14)15)2-5(9)6(4)7(10,11)12/h1-2H. The highest BCUT2D eigenvalue weighted by atomic mass is 35.5. The summed E-state index contributed by atoms with van der Waals surface area (Å²) in [6, 6.07) is 1.21. The lowest BCUT2D eigenvalue weighted by molar-refractivity contribution is -0.384. The quantitative estimate of drug-likeness (QED) is 0.567. The molecule has 1 rings (SSSR count). The molecular weight excluding hydrogens is 258 g/mol. The molecule has 0 radical (unpaired) electrons. The number of hydrogen-bond donors (Lipinski definition) is 0. The molecule has 82 valence electrons. The second-order valence-electron chi connectivity index (χ2n) is 2.54. The van der Waals surface area contributed by atoms with Crippen molar-refractivity contribution in [2.45, 2.75) is 6.18 Å². The van der Waals surface area contributed by atoms with Crippen molar-refractivity contribution in [3.8, 4) is 0 Å². The van der Waals surface area contributed by atoms with Crippen LogP contribution in [0.4, 0.5) is 18.9 Å². The Morgan fingerprint density at radius 2 is 1.60 bits per heavy atom. The molecule has 0 N–H and O–H groups in total. The Morgan fingerprint density at radius 1 is 1.20 bits per heavy atom. The Kier molecular flexibility index (Phi) is 3.11. The van der Waals surface area contributed by atoms with Gasteiger partial charge in [-0.3, -0.25) is 10.1 Å². The first-order chi connectivity index (χ1) is 6.73. The van der Waals surface area contributed by atoms with Crippen LogP contribution in [0.2, 0.25) is 10.0 Å². The van der Waals surface area contributed by atoms with Gasteiger partial charge in [0.05, 0.1) is 20.5 Å². The molecule has 0 spiro atoms. The summed E-state index contributed by atoms with van der Waals surface area (Å²) in [4.78, 5) is 9.40. The molecule has 0 saturated heterocycles. The minimum atomic E-state index is -4.73. The largest absolute Gasteiger partial charge is 0.419 e. The van der Waals surface area contributed by atoms with Crippen molar-refractivity contribution in [3.05, 3.63) is 37.9 Å². The lowest BCUT2D eigenvalue weighted by atomic mass is 10.2. The number of nitro groups is 1. The molecule has 15 heavy (non-hydrogen) atoms. The van der Waals surface area contributed by atoms with Gasteiger partial charge in [0.15, 0.2) is 0 Å². The van der Waals surface area contributed by atoms with E-state index in [1.807, 2.05) is 0 Å². The first-order valence-electron chi connectivity index (χ1n) is 3.44. The summed E-state index contributed by atoms with van der Waals surface area (Å²) in [7, 11) is 0. The maximum atomic E-state index is 12.3. The maximum Gasteiger partial charge on any atom is 0.419 e. The lowest BCUT2D eigenvalue weighted by Gasteiger charge is -2.10. The third kappa shape index (κ3) is 2.51. The number of halogens is 5. The summed E-state index contributed by atoms with van der Waals surface area (Å²) >= 11 is 10.5. The van der Waals surface area contributed by atoms with Gasteiger partial charge < -0.3 is 0 Å². The zero-order valence-corrected chi connectivity index (χ0v) is 8.32. The summed E-state index contributed by atoms with van der Waals surface area (Å²) in [5, 5.41) is 8.69. The Labute approximate surface area is 91.6 Å². The van der Waals surface area contributed by atoms with Gasteiger partial charge in [-0.05, 0) is 0 Å². The van der Waals surface area contributed by atoms with Crippen LogP contribution in [0.5, 0.6) is 0 Å². The molecule has 8 heteroatoms. The van der Waals surface area contributed by atoms with Crippen LogP contribution in [0.15, 0.2) is 12.1 Å². The summed E-state index contributed by atoms with van der Waals surface area (Å²) < 4.78 is 36.9. The lowest BCUT2D eigenvalue weighted by Crippen LogP contribution is -2.07. The third-order valence-electron chi connectivity index (χ3n) is 1.52. The number of non-ortho nitro benzene ring substituents is 1. The number of alkyl halides is 3. The highest BCUT2D eigenvalue weighted by Gasteiger charge is 2.37. The number of rotatable bonds is 1. The van der Waals surface area contributed by atoms with Gasteiger partial charge in [0.25, 0.3) is 5.69 Å². The first-order valence-corrected chi connectivity index (χ1v) is 4.19. The van der Waals surface area contributed by atoms with E-state index in [4.69, 9.17) is 23.2 Å². The Bertz CT molecular complexity index is 396. The van der Waals surface area contributed by atoms with Crippen molar-refractivity contribution >= 4 is 28.9 Å². The molecule has 0 aromatic heterocycles. The number of hydrogen-bond acceptors (Lipinski definition) is 2. The van der Waals surface area contributed by atoms with Gasteiger partial charge in [-0.2, -0.15) is 13.2 Å². The van der Waals surface area contributed by atoms with Crippen molar-refractivity contribution in [2.75, 3.05) is 0 Å². The fraction of sp³-hybridized carbons (Fsp3) is 0.143. The summed E-state index contributed by atoms with van der Waals surface area (Å²) in [5.41, 5.74) is -1.85. The number of nitrogens with zero attached hydrogens (tertiary/aromatic N) is 1. The SMILES string of the molecule is O=[N+]([O-])c1cc(Cl)c(C(F)(F)F)c(Cl)c1. The molecule has 0 saturated carbocycles. The average molecular weight is 260 g/mol. The molecular formula is C7H2Cl2F3NO2. The smallest absolute Gasteiger partial charge is 0.258 e. The van der Waals surface area contributed by atoms with Crippen molar-refractivity contribution in [1.29, 1.82) is 0 Å². The first kappa shape index (κ1) is 12.1. The van der Waals surface area contributed by atoms with E-state index in [1.165, 1.54) is 0 Å². The van der Waals surface area contributed by atoms with Crippen LogP contribution in [0, 0.1) is 10.1 Å². The molecule has 0 aliphatic heterocycles. The maximum absolute atomic E-state index is 12.3. The highest BCUT2D eigenvalue weighted by molar-refractivity contribution is 6.36. The van der Waals surface area contributed by atoms with E-state index < -0.39 is 32.4 Å². The minimum absolute atomic E-state index is 0.585. The summed E-state index contributed by atoms with van der Waals surface area (Å²) in [5.74, 6) is 0. The fourth-order valence-electron chi connectivity index (χ4n) is 0.936. The third-order valence-corrected chi connectivity index (χ3v) is 2.12. The van der Waals surface area contributed by atoms with Gasteiger partial charge in [-0.15, -0.1) is 0 Å². The van der Waals surface area contributed by atoms with Gasteiger partial charge >= 0.3 is 6.18 Å². The molecule has 0 aliphatic rings. The van der Waals surface area contributed by atoms with Crippen LogP contribution < -0.4 is 0 Å². The topological polar surface area (TPSA) is 43.1 Å². The van der Waals surface area contributed by atoms with Crippen molar-refractivity contribution in [3.63, 3.8) is 0 Å². The van der Waals surface area contributed by atoms with E-state index in [0.29, 0.717) is 12.1 Å². The van der Waals surface area contributed by atoms with Gasteiger partial charge in [-0.25, -0.2) is 0 Å². The average Bonchev–Trinajstić information content (AvgIpc) is 1.99. The van der Waals surface area contributed by atoms with E-state index >= 15 is 0 Å². The predicted molar refractivity (Wildman–Crippen MR) is 48.1 cm³/mol. The second-order valence-corrected chi connectivity index (χ2v) is 3.35. The van der Waals surface area contributed by atoms with Crippen molar-refractivity contribution in [2.24, 2.45) is 0 Å². The van der Waals surface area contributed by atoms with E-state index in [0.717, 1.165) is 0 Å². The number of benzene rings is 1. The molecule has 0 amide bonds. The van der Waals surface area contributed by atoms with Crippen LogP contribution in [-0.4, -0.2) is 4.92 Å². The van der Waals surface area contributed by atoms with Crippen LogP contribution in [0.1, 0.15) is 5.56 Å². The van der Waals surface area contributed by atoms with Gasteiger partial charge in [-0.1, -0.05) is 23.2 Å². The van der Waals surface area contributed by atoms with E-state index in [2.05, 4.69) is 0 Å². The molecule has 0 aliphatic carbocycles. The van der Waals surface area contributed by atoms with Crippen molar-refractivity contribution in [1.82, 2.24) is 0 Å². The molecule has 0 fully saturated rings. The zero-order valence-electron chi connectivity index (χ0n) is 6.81. The molecule has 0 atom stereocenters. The summed E-state index contributed by atoms with van der Waals surface area (Å²) in [6.07, 6.45) is -4.73. The summed E-state index contributed by atoms with van der Waals surface area (Å²) in [6.45, 7) is 0. The van der Waals surface area contributed by atoms with E-state index in [-0.39, 0.29) is 0 Å². The molecule has 0 bridgehead atoms. The monoisotopic (exact) mass is 259 g/mol. The van der Waals surface area contributed by atoms with E-state index in [1.54, 1.807) is 0 Å². The van der Waals surface area contributed by atoms with Crippen molar-refractivity contribution < 1.29 is 18.1 Å². The van der Waals surface area contributed by atoms with E-state index in [9.17, 15) is 23.3 Å². The van der Waals surface area contributed by atoms with Gasteiger partial charge in [0, 0.05) is 12.1 Å². The molecule has 0 heterocycles. The van der Waals surface area contributed by atoms with Crippen LogP contribution in [0.3, 0.4) is 0 Å². The predicted octanol–water partition coefficient (Wildman–Crippen LogP) is 3.92. The minimum Gasteiger partial charge on any atom is -0.258 e. The van der Waals surface area contributed by atoms with Crippen LogP contribution >= 0.6 is 23.2 Å². The highest BCUT2D eigenvalue weighted by Crippen LogP contribution is 2.41. The molecule has 1 aromatic rings. The Morgan fingerprint density at radius 3 is 1.87 bits per heavy atom. The van der Waals surface area contributed by atoms with Gasteiger partial charge in [0.2, 0.25) is 0 Å². The Hall–Kier alpha value is -1.01. The molecule has 1 aromatic carbocycles. The number of nitro benzene ring substituents is 1. The fourth-order valence-corrected chi connectivity index (χ4v) is 1.63. The second kappa shape index (κ2) is 3.86. The van der Waals surface area contributed by atoms with Crippen LogP contribution in [0.25, 0.3) is 0 Å². The Balaban J connectivity index is 3.41. The normalized spacial score (nSPS) is 11.5. The molecule has 0 unspecified atom stereocenters. The zero-order chi connectivity index (χ0) is 11.8. The van der Waals surface area contributed by atoms with Crippen LogP contribution in [-0.2, 0) is 6.18 Å². The van der Waals surface area contributed by atoms with Gasteiger partial charge in [0.1, 0.15) is 0 Å².